The van der Waals surface area contributed by atoms with Gasteiger partial charge in [0.15, 0.2) is 5.67 Å². The number of carbonyl (C=O) groups excluding carboxylic acids is 2. The third kappa shape index (κ3) is 3.79. The number of alkyl halides is 1. The maximum absolute atomic E-state index is 14.1. The van der Waals surface area contributed by atoms with Crippen LogP contribution in [-0.4, -0.2) is 59.6 Å². The number of likely N-dealkylation sites (tertiary alicyclic amines) is 1. The fraction of sp³-hybridized carbons (Fsp3) is 0.833. The Morgan fingerprint density at radius 1 is 1.47 bits per heavy atom. The predicted molar refractivity (Wildman–Crippen MR) is 64.3 cm³/mol. The van der Waals surface area contributed by atoms with Crippen molar-refractivity contribution in [3.63, 3.8) is 0 Å². The Morgan fingerprint density at radius 3 is 2.47 bits per heavy atom. The van der Waals surface area contributed by atoms with Crippen LogP contribution in [-0.2, 0) is 14.3 Å². The third-order valence-electron chi connectivity index (χ3n) is 2.77. The Balaban J connectivity index is 2.89. The zero-order valence-corrected chi connectivity index (χ0v) is 11.6. The number of hydrogen-bond donors (Lipinski definition) is 1. The Morgan fingerprint density at radius 2 is 2.05 bits per heavy atom. The number of esters is 1. The van der Waals surface area contributed by atoms with E-state index in [0.717, 1.165) is 12.0 Å². The summed E-state index contributed by atoms with van der Waals surface area (Å²) in [6.07, 6.45) is -1.09. The maximum atomic E-state index is 14.1. The van der Waals surface area contributed by atoms with Gasteiger partial charge >= 0.3 is 12.1 Å². The Labute approximate surface area is 111 Å². The van der Waals surface area contributed by atoms with E-state index in [0.29, 0.717) is 0 Å². The molecular weight excluding hydrogens is 257 g/mol. The molecule has 1 fully saturated rings. The SMILES string of the molecule is COC(=O)C1C[C@](F)(CO)CN1C(=O)OC(C)(C)C. The summed E-state index contributed by atoms with van der Waals surface area (Å²) in [5.41, 5.74) is -2.76. The third-order valence-corrected chi connectivity index (χ3v) is 2.77. The normalized spacial score (nSPS) is 27.3. The van der Waals surface area contributed by atoms with Crippen LogP contribution in [0.4, 0.5) is 9.18 Å². The molecule has 0 aromatic rings. The van der Waals surface area contributed by atoms with E-state index < -0.39 is 42.5 Å². The first-order valence-electron chi connectivity index (χ1n) is 5.99. The molecule has 1 N–H and O–H groups in total. The summed E-state index contributed by atoms with van der Waals surface area (Å²) >= 11 is 0. The first kappa shape index (κ1) is 15.7. The number of methoxy groups -OCH3 is 1. The van der Waals surface area contributed by atoms with Gasteiger partial charge in [0, 0.05) is 6.42 Å². The van der Waals surface area contributed by atoms with Gasteiger partial charge in [0.2, 0.25) is 0 Å². The zero-order chi connectivity index (χ0) is 14.8. The van der Waals surface area contributed by atoms with Gasteiger partial charge in [-0.3, -0.25) is 4.90 Å². The smallest absolute Gasteiger partial charge is 0.411 e. The Kier molecular flexibility index (Phi) is 4.39. The van der Waals surface area contributed by atoms with Gasteiger partial charge in [-0.05, 0) is 20.8 Å². The number of aliphatic hydroxyl groups excluding tert-OH is 1. The van der Waals surface area contributed by atoms with Crippen LogP contribution in [0.5, 0.6) is 0 Å². The number of halogens is 1. The Bertz CT molecular complexity index is 368. The molecule has 1 aliphatic heterocycles. The number of hydrogen-bond acceptors (Lipinski definition) is 5. The molecule has 1 amide bonds. The molecule has 0 radical (unpaired) electrons. The minimum absolute atomic E-state index is 0.296. The Hall–Kier alpha value is -1.37. The molecule has 1 aliphatic rings. The van der Waals surface area contributed by atoms with Crippen molar-refractivity contribution in [2.75, 3.05) is 20.3 Å². The van der Waals surface area contributed by atoms with Gasteiger partial charge in [0.1, 0.15) is 11.6 Å². The van der Waals surface area contributed by atoms with Gasteiger partial charge in [0.05, 0.1) is 20.3 Å². The highest BCUT2D eigenvalue weighted by Crippen LogP contribution is 2.32. The second-order valence-corrected chi connectivity index (χ2v) is 5.66. The molecule has 0 bridgehead atoms. The van der Waals surface area contributed by atoms with Crippen LogP contribution in [0, 0.1) is 0 Å². The molecule has 1 heterocycles. The van der Waals surface area contributed by atoms with Gasteiger partial charge < -0.3 is 14.6 Å². The monoisotopic (exact) mass is 277 g/mol. The molecule has 1 rings (SSSR count). The molecule has 7 heteroatoms. The molecule has 0 saturated carbocycles. The molecule has 1 unspecified atom stereocenters. The van der Waals surface area contributed by atoms with Crippen molar-refractivity contribution < 1.29 is 28.6 Å². The van der Waals surface area contributed by atoms with Crippen molar-refractivity contribution in [2.45, 2.75) is 44.5 Å². The summed E-state index contributed by atoms with van der Waals surface area (Å²) in [7, 11) is 1.16. The van der Waals surface area contributed by atoms with E-state index in [1.165, 1.54) is 0 Å². The lowest BCUT2D eigenvalue weighted by molar-refractivity contribution is -0.145. The van der Waals surface area contributed by atoms with Crippen molar-refractivity contribution in [3.05, 3.63) is 0 Å². The molecule has 19 heavy (non-hydrogen) atoms. The summed E-state index contributed by atoms with van der Waals surface area (Å²) < 4.78 is 23.8. The topological polar surface area (TPSA) is 76.1 Å². The van der Waals surface area contributed by atoms with Gasteiger partial charge in [-0.25, -0.2) is 14.0 Å². The summed E-state index contributed by atoms with van der Waals surface area (Å²) in [5, 5.41) is 9.02. The second kappa shape index (κ2) is 5.32. The van der Waals surface area contributed by atoms with E-state index >= 15 is 0 Å². The van der Waals surface area contributed by atoms with Crippen LogP contribution in [0.25, 0.3) is 0 Å². The van der Waals surface area contributed by atoms with Crippen LogP contribution in [0.1, 0.15) is 27.2 Å². The van der Waals surface area contributed by atoms with E-state index in [1.807, 2.05) is 0 Å². The lowest BCUT2D eigenvalue weighted by atomic mass is 10.0. The molecule has 110 valence electrons. The largest absolute Gasteiger partial charge is 0.467 e. The predicted octanol–water partition coefficient (Wildman–Crippen LogP) is 0.869. The second-order valence-electron chi connectivity index (χ2n) is 5.66. The van der Waals surface area contributed by atoms with Crippen molar-refractivity contribution >= 4 is 12.1 Å². The molecule has 6 nitrogen and oxygen atoms in total. The van der Waals surface area contributed by atoms with Crippen molar-refractivity contribution in [2.24, 2.45) is 0 Å². The first-order valence-corrected chi connectivity index (χ1v) is 5.99. The fourth-order valence-electron chi connectivity index (χ4n) is 1.91. The minimum atomic E-state index is -2.00. The first-order chi connectivity index (χ1) is 8.62. The number of ether oxygens (including phenoxy) is 2. The lowest BCUT2D eigenvalue weighted by Crippen LogP contribution is -2.44. The lowest BCUT2D eigenvalue weighted by Gasteiger charge is -2.27. The highest BCUT2D eigenvalue weighted by molar-refractivity contribution is 5.82. The van der Waals surface area contributed by atoms with Gasteiger partial charge in [0.25, 0.3) is 0 Å². The van der Waals surface area contributed by atoms with Crippen LogP contribution in [0.15, 0.2) is 0 Å². The van der Waals surface area contributed by atoms with Crippen molar-refractivity contribution in [1.82, 2.24) is 4.90 Å². The van der Waals surface area contributed by atoms with Gasteiger partial charge in [-0.15, -0.1) is 0 Å². The summed E-state index contributed by atoms with van der Waals surface area (Å²) in [4.78, 5) is 24.5. The number of amides is 1. The highest BCUT2D eigenvalue weighted by Gasteiger charge is 2.50. The standard InChI is InChI=1S/C12H20FNO5/c1-11(2,3)19-10(17)14-6-12(13,7-15)5-8(14)9(16)18-4/h8,15H,5-7H2,1-4H3/t8?,12-/m1/s1. The average Bonchev–Trinajstić information content (AvgIpc) is 2.65. The summed E-state index contributed by atoms with van der Waals surface area (Å²) in [6.45, 7) is 3.85. The van der Waals surface area contributed by atoms with E-state index in [2.05, 4.69) is 4.74 Å². The summed E-state index contributed by atoms with van der Waals surface area (Å²) in [6, 6.07) is -1.07. The molecule has 0 aliphatic carbocycles. The molecule has 2 atom stereocenters. The minimum Gasteiger partial charge on any atom is -0.467 e. The summed E-state index contributed by atoms with van der Waals surface area (Å²) in [5.74, 6) is -0.723. The number of nitrogens with zero attached hydrogens (tertiary/aromatic N) is 1. The maximum Gasteiger partial charge on any atom is 0.411 e. The van der Waals surface area contributed by atoms with Crippen molar-refractivity contribution in [1.29, 1.82) is 0 Å². The molecule has 0 aromatic heterocycles. The van der Waals surface area contributed by atoms with E-state index in [4.69, 9.17) is 9.84 Å². The number of aliphatic hydroxyl groups is 1. The van der Waals surface area contributed by atoms with E-state index in [9.17, 15) is 14.0 Å². The molecule has 1 saturated heterocycles. The van der Waals surface area contributed by atoms with Crippen LogP contribution < -0.4 is 0 Å². The van der Waals surface area contributed by atoms with Crippen LogP contribution in [0.3, 0.4) is 0 Å². The highest BCUT2D eigenvalue weighted by atomic mass is 19.1. The van der Waals surface area contributed by atoms with E-state index in [-0.39, 0.29) is 6.42 Å². The fourth-order valence-corrected chi connectivity index (χ4v) is 1.91. The molecule has 0 aromatic carbocycles. The molecular formula is C12H20FNO5. The molecule has 0 spiro atoms. The number of carbonyl (C=O) groups is 2. The van der Waals surface area contributed by atoms with E-state index in [1.54, 1.807) is 20.8 Å². The quantitative estimate of drug-likeness (QED) is 0.758. The van der Waals surface area contributed by atoms with Gasteiger partial charge in [-0.1, -0.05) is 0 Å². The van der Waals surface area contributed by atoms with Crippen LogP contribution in [0.2, 0.25) is 0 Å². The van der Waals surface area contributed by atoms with Gasteiger partial charge in [-0.2, -0.15) is 0 Å². The number of rotatable bonds is 2. The van der Waals surface area contributed by atoms with Crippen LogP contribution >= 0.6 is 0 Å². The zero-order valence-electron chi connectivity index (χ0n) is 11.6. The average molecular weight is 277 g/mol. The van der Waals surface area contributed by atoms with Crippen molar-refractivity contribution in [3.8, 4) is 0 Å².